The zero-order valence-electron chi connectivity index (χ0n) is 10.7. The molecular weight excluding hydrogens is 295 g/mol. The zero-order chi connectivity index (χ0) is 15.3. The maximum Gasteiger partial charge on any atom is 0.244 e. The molecule has 0 radical (unpaired) electrons. The van der Waals surface area contributed by atoms with Crippen LogP contribution in [-0.4, -0.2) is 24.5 Å². The average Bonchev–Trinajstić information content (AvgIpc) is 3.22. The first-order valence-electron chi connectivity index (χ1n) is 6.50. The van der Waals surface area contributed by atoms with E-state index in [4.69, 9.17) is 0 Å². The smallest absolute Gasteiger partial charge is 0.244 e. The molecule has 3 rings (SSSR count). The molecule has 1 aliphatic carbocycles. The van der Waals surface area contributed by atoms with Gasteiger partial charge < -0.3 is 10.2 Å². The Morgan fingerprint density at radius 2 is 1.38 bits per heavy atom. The summed E-state index contributed by atoms with van der Waals surface area (Å²) in [4.78, 5) is 12.7. The van der Waals surface area contributed by atoms with Gasteiger partial charge in [0.2, 0.25) is 11.7 Å². The maximum atomic E-state index is 13.7. The summed E-state index contributed by atoms with van der Waals surface area (Å²) in [6.45, 7) is -0.0957. The number of carbonyl (C=O) groups is 1. The van der Waals surface area contributed by atoms with Crippen molar-refractivity contribution >= 4 is 11.6 Å². The molecule has 1 N–H and O–H groups in total. The van der Waals surface area contributed by atoms with Gasteiger partial charge in [-0.05, 0) is 19.3 Å². The van der Waals surface area contributed by atoms with Gasteiger partial charge in [-0.3, -0.25) is 4.79 Å². The van der Waals surface area contributed by atoms with Crippen LogP contribution in [0.4, 0.5) is 27.6 Å². The van der Waals surface area contributed by atoms with Gasteiger partial charge in [0.15, 0.2) is 23.3 Å². The fourth-order valence-electron chi connectivity index (χ4n) is 2.42. The molecule has 21 heavy (non-hydrogen) atoms. The van der Waals surface area contributed by atoms with E-state index < -0.39 is 46.7 Å². The Labute approximate surface area is 116 Å². The lowest BCUT2D eigenvalue weighted by Crippen LogP contribution is -2.40. The van der Waals surface area contributed by atoms with Gasteiger partial charge in [-0.15, -0.1) is 0 Å². The largest absolute Gasteiger partial charge is 0.306 e. The van der Waals surface area contributed by atoms with E-state index in [1.807, 2.05) is 0 Å². The van der Waals surface area contributed by atoms with Crippen molar-refractivity contribution in [1.29, 1.82) is 0 Å². The first-order chi connectivity index (χ1) is 9.91. The summed E-state index contributed by atoms with van der Waals surface area (Å²) in [5.41, 5.74) is -1.17. The third-order valence-electron chi connectivity index (χ3n) is 3.68. The van der Waals surface area contributed by atoms with Crippen LogP contribution in [0.25, 0.3) is 0 Å². The predicted octanol–water partition coefficient (Wildman–Crippen LogP) is 2.24. The number of nitrogens with zero attached hydrogens (tertiary/aromatic N) is 1. The van der Waals surface area contributed by atoms with Crippen molar-refractivity contribution in [2.45, 2.75) is 31.3 Å². The van der Waals surface area contributed by atoms with E-state index in [9.17, 15) is 26.7 Å². The van der Waals surface area contributed by atoms with E-state index >= 15 is 0 Å². The van der Waals surface area contributed by atoms with E-state index in [-0.39, 0.29) is 19.0 Å². The Morgan fingerprint density at radius 3 is 1.90 bits per heavy atom. The Morgan fingerprint density at radius 1 is 0.857 bits per heavy atom. The van der Waals surface area contributed by atoms with Crippen molar-refractivity contribution in [3.05, 3.63) is 29.1 Å². The van der Waals surface area contributed by atoms with Crippen LogP contribution >= 0.6 is 0 Å². The molecular formula is C13H11F5N2O. The van der Waals surface area contributed by atoms with Crippen LogP contribution in [0, 0.1) is 29.1 Å². The first kappa shape index (κ1) is 14.2. The quantitative estimate of drug-likeness (QED) is 0.528. The summed E-state index contributed by atoms with van der Waals surface area (Å²) in [6, 6.07) is -0.456. The Balaban J connectivity index is 1.95. The molecule has 1 saturated heterocycles. The normalized spacial score (nSPS) is 22.2. The van der Waals surface area contributed by atoms with Crippen molar-refractivity contribution in [3.63, 3.8) is 0 Å². The van der Waals surface area contributed by atoms with Gasteiger partial charge in [0.1, 0.15) is 5.69 Å². The molecule has 0 aromatic heterocycles. The third kappa shape index (κ3) is 2.27. The van der Waals surface area contributed by atoms with Crippen LogP contribution in [0.5, 0.6) is 0 Å². The molecule has 3 nitrogen and oxygen atoms in total. The number of hydrogen-bond donors (Lipinski definition) is 1. The summed E-state index contributed by atoms with van der Waals surface area (Å²) in [5.74, 6) is -11.0. The second-order valence-corrected chi connectivity index (χ2v) is 5.19. The van der Waals surface area contributed by atoms with Crippen molar-refractivity contribution in [3.8, 4) is 0 Å². The SMILES string of the molecule is O=C1C(NC2CC2)CCN1c1c(F)c(F)c(F)c(F)c1F. The molecule has 0 spiro atoms. The topological polar surface area (TPSA) is 32.3 Å². The predicted molar refractivity (Wildman–Crippen MR) is 63.1 cm³/mol. The fraction of sp³-hybridized carbons (Fsp3) is 0.462. The molecule has 1 atom stereocenters. The Bertz CT molecular complexity index is 588. The summed E-state index contributed by atoms with van der Waals surface area (Å²) in [6.07, 6.45) is 2.08. The fourth-order valence-corrected chi connectivity index (χ4v) is 2.42. The van der Waals surface area contributed by atoms with E-state index in [0.29, 0.717) is 4.90 Å². The minimum Gasteiger partial charge on any atom is -0.306 e. The number of amides is 1. The van der Waals surface area contributed by atoms with Crippen LogP contribution in [0.2, 0.25) is 0 Å². The van der Waals surface area contributed by atoms with Gasteiger partial charge in [-0.1, -0.05) is 0 Å². The van der Waals surface area contributed by atoms with E-state index in [2.05, 4.69) is 5.32 Å². The molecule has 0 bridgehead atoms. The van der Waals surface area contributed by atoms with Gasteiger partial charge >= 0.3 is 0 Å². The van der Waals surface area contributed by atoms with Crippen LogP contribution < -0.4 is 10.2 Å². The molecule has 1 heterocycles. The molecule has 1 aliphatic heterocycles. The van der Waals surface area contributed by atoms with Gasteiger partial charge in [-0.25, -0.2) is 22.0 Å². The van der Waals surface area contributed by atoms with Crippen LogP contribution in [0.3, 0.4) is 0 Å². The lowest BCUT2D eigenvalue weighted by atomic mass is 10.2. The minimum atomic E-state index is -2.23. The number of carbonyl (C=O) groups excluding carboxylic acids is 1. The van der Waals surface area contributed by atoms with Crippen molar-refractivity contribution in [2.24, 2.45) is 0 Å². The standard InChI is InChI=1S/C13H11F5N2O/c14-7-8(15)10(17)12(11(18)9(7)16)20-4-3-6(13(20)21)19-5-1-2-5/h5-6,19H,1-4H2. The molecule has 2 aliphatic rings. The van der Waals surface area contributed by atoms with Crippen LogP contribution in [0.1, 0.15) is 19.3 Å². The minimum absolute atomic E-state index is 0.0957. The van der Waals surface area contributed by atoms with Gasteiger partial charge in [0, 0.05) is 12.6 Å². The maximum absolute atomic E-state index is 13.7. The molecule has 1 aromatic rings. The monoisotopic (exact) mass is 306 g/mol. The number of benzene rings is 1. The second kappa shape index (κ2) is 4.94. The van der Waals surface area contributed by atoms with Gasteiger partial charge in [0.25, 0.3) is 0 Å². The number of anilines is 1. The van der Waals surface area contributed by atoms with Crippen LogP contribution in [-0.2, 0) is 4.79 Å². The Kier molecular flexibility index (Phi) is 3.35. The first-order valence-corrected chi connectivity index (χ1v) is 6.50. The second-order valence-electron chi connectivity index (χ2n) is 5.19. The van der Waals surface area contributed by atoms with Crippen molar-refractivity contribution in [1.82, 2.24) is 5.32 Å². The highest BCUT2D eigenvalue weighted by molar-refractivity contribution is 5.99. The van der Waals surface area contributed by atoms with Crippen molar-refractivity contribution < 1.29 is 26.7 Å². The molecule has 1 saturated carbocycles. The zero-order valence-corrected chi connectivity index (χ0v) is 10.7. The highest BCUT2D eigenvalue weighted by Crippen LogP contribution is 2.33. The Hall–Kier alpha value is -1.70. The third-order valence-corrected chi connectivity index (χ3v) is 3.68. The van der Waals surface area contributed by atoms with E-state index in [0.717, 1.165) is 12.8 Å². The number of hydrogen-bond acceptors (Lipinski definition) is 2. The highest BCUT2D eigenvalue weighted by Gasteiger charge is 2.40. The van der Waals surface area contributed by atoms with Gasteiger partial charge in [-0.2, -0.15) is 0 Å². The molecule has 8 heteroatoms. The summed E-state index contributed by atoms with van der Waals surface area (Å²) < 4.78 is 66.8. The van der Waals surface area contributed by atoms with Crippen molar-refractivity contribution in [2.75, 3.05) is 11.4 Å². The molecule has 1 unspecified atom stereocenters. The number of rotatable bonds is 3. The highest BCUT2D eigenvalue weighted by atomic mass is 19.2. The summed E-state index contributed by atoms with van der Waals surface area (Å²) >= 11 is 0. The molecule has 1 amide bonds. The number of nitrogens with one attached hydrogen (secondary N) is 1. The van der Waals surface area contributed by atoms with Crippen LogP contribution in [0.15, 0.2) is 0 Å². The lowest BCUT2D eigenvalue weighted by molar-refractivity contribution is -0.118. The molecule has 1 aromatic carbocycles. The lowest BCUT2D eigenvalue weighted by Gasteiger charge is -2.19. The molecule has 114 valence electrons. The van der Waals surface area contributed by atoms with Gasteiger partial charge in [0.05, 0.1) is 6.04 Å². The summed E-state index contributed by atoms with van der Waals surface area (Å²) in [7, 11) is 0. The van der Waals surface area contributed by atoms with E-state index in [1.54, 1.807) is 0 Å². The molecule has 2 fully saturated rings. The average molecular weight is 306 g/mol. The number of halogens is 5. The summed E-state index contributed by atoms with van der Waals surface area (Å²) in [5, 5.41) is 2.98. The van der Waals surface area contributed by atoms with E-state index in [1.165, 1.54) is 0 Å².